The average Bonchev–Trinajstić information content (AvgIpc) is 3.64. The number of benzene rings is 2. The summed E-state index contributed by atoms with van der Waals surface area (Å²) >= 11 is 0. The summed E-state index contributed by atoms with van der Waals surface area (Å²) in [6.45, 7) is 7.51. The number of halogens is 2. The van der Waals surface area contributed by atoms with Crippen LogP contribution in [-0.2, 0) is 9.47 Å². The Labute approximate surface area is 248 Å². The molecular formula is C32H34F2N4O5. The maximum Gasteiger partial charge on any atom is 0.415 e. The van der Waals surface area contributed by atoms with Crippen molar-refractivity contribution in [3.63, 3.8) is 0 Å². The van der Waals surface area contributed by atoms with Gasteiger partial charge >= 0.3 is 6.09 Å². The summed E-state index contributed by atoms with van der Waals surface area (Å²) in [5.74, 6) is -1.87. The number of aryl methyl sites for hydroxylation is 1. The highest BCUT2D eigenvalue weighted by Crippen LogP contribution is 2.34. The Morgan fingerprint density at radius 2 is 1.84 bits per heavy atom. The highest BCUT2D eigenvalue weighted by Gasteiger charge is 2.28. The molecule has 226 valence electrons. The molecule has 0 aliphatic heterocycles. The van der Waals surface area contributed by atoms with E-state index in [1.165, 1.54) is 18.1 Å². The van der Waals surface area contributed by atoms with Gasteiger partial charge in [0.2, 0.25) is 0 Å². The molecule has 0 spiro atoms. The zero-order valence-corrected chi connectivity index (χ0v) is 24.7. The first kappa shape index (κ1) is 30.0. The number of nitrogens with zero attached hydrogens (tertiary/aromatic N) is 3. The first-order chi connectivity index (χ1) is 20.4. The third kappa shape index (κ3) is 6.94. The van der Waals surface area contributed by atoms with Crippen molar-refractivity contribution in [2.24, 2.45) is 0 Å². The lowest BCUT2D eigenvalue weighted by Gasteiger charge is -2.28. The second-order valence-electron chi connectivity index (χ2n) is 11.5. The first-order valence-corrected chi connectivity index (χ1v) is 14.0. The number of amides is 2. The van der Waals surface area contributed by atoms with Gasteiger partial charge in [0.1, 0.15) is 17.1 Å². The van der Waals surface area contributed by atoms with Crippen molar-refractivity contribution in [2.45, 2.75) is 52.2 Å². The Bertz CT molecular complexity index is 1680. The zero-order chi connectivity index (χ0) is 30.9. The predicted molar refractivity (Wildman–Crippen MR) is 158 cm³/mol. The van der Waals surface area contributed by atoms with E-state index < -0.39 is 23.3 Å². The van der Waals surface area contributed by atoms with Crippen molar-refractivity contribution in [1.29, 1.82) is 0 Å². The highest BCUT2D eigenvalue weighted by molar-refractivity contribution is 5.97. The molecule has 1 saturated carbocycles. The van der Waals surface area contributed by atoms with E-state index in [0.29, 0.717) is 22.6 Å². The van der Waals surface area contributed by atoms with Gasteiger partial charge in [0.15, 0.2) is 17.3 Å². The van der Waals surface area contributed by atoms with Crippen LogP contribution in [0.1, 0.15) is 49.5 Å². The van der Waals surface area contributed by atoms with Gasteiger partial charge in [-0.05, 0) is 70.4 Å². The second-order valence-corrected chi connectivity index (χ2v) is 11.5. The fourth-order valence-corrected chi connectivity index (χ4v) is 4.57. The standard InChI is InChI=1S/C32H34F2N4O5/c1-19-14-20(6-10-24(19)30(39)36-21-7-8-21)28-17-35-29-27(37(12-13-41-5)31(40)43-32(2,3)4)16-23(18-38(28)29)42-22-9-11-25(33)26(34)15-22/h6,9-11,14-18,21H,7-8,12-13H2,1-5H3,(H,36,39). The van der Waals surface area contributed by atoms with Gasteiger partial charge in [-0.3, -0.25) is 14.1 Å². The van der Waals surface area contributed by atoms with Crippen LogP contribution in [0.4, 0.5) is 19.3 Å². The van der Waals surface area contributed by atoms with Gasteiger partial charge in [-0.2, -0.15) is 0 Å². The summed E-state index contributed by atoms with van der Waals surface area (Å²) < 4.78 is 46.2. The molecule has 9 nitrogen and oxygen atoms in total. The third-order valence-corrected chi connectivity index (χ3v) is 6.79. The van der Waals surface area contributed by atoms with E-state index in [1.54, 1.807) is 49.7 Å². The number of methoxy groups -OCH3 is 1. The van der Waals surface area contributed by atoms with Crippen LogP contribution in [0.15, 0.2) is 54.9 Å². The average molecular weight is 593 g/mol. The highest BCUT2D eigenvalue weighted by atomic mass is 19.2. The van der Waals surface area contributed by atoms with Gasteiger partial charge in [0.05, 0.1) is 36.9 Å². The molecule has 1 aliphatic rings. The Balaban J connectivity index is 1.62. The van der Waals surface area contributed by atoms with Crippen molar-refractivity contribution >= 4 is 23.3 Å². The van der Waals surface area contributed by atoms with Crippen LogP contribution >= 0.6 is 0 Å². The molecule has 1 fully saturated rings. The number of hydrogen-bond donors (Lipinski definition) is 1. The van der Waals surface area contributed by atoms with Gasteiger partial charge in [-0.25, -0.2) is 18.6 Å². The van der Waals surface area contributed by atoms with E-state index in [2.05, 4.69) is 10.3 Å². The summed E-state index contributed by atoms with van der Waals surface area (Å²) in [4.78, 5) is 32.1. The van der Waals surface area contributed by atoms with Crippen LogP contribution < -0.4 is 15.0 Å². The number of ether oxygens (including phenoxy) is 3. The molecule has 43 heavy (non-hydrogen) atoms. The summed E-state index contributed by atoms with van der Waals surface area (Å²) in [6.07, 6.45) is 4.67. The maximum atomic E-state index is 14.0. The molecule has 0 saturated heterocycles. The lowest BCUT2D eigenvalue weighted by molar-refractivity contribution is 0.0569. The van der Waals surface area contributed by atoms with Crippen molar-refractivity contribution < 1.29 is 32.6 Å². The second kappa shape index (κ2) is 12.0. The lowest BCUT2D eigenvalue weighted by atomic mass is 10.0. The summed E-state index contributed by atoms with van der Waals surface area (Å²) in [5, 5.41) is 3.01. The van der Waals surface area contributed by atoms with Crippen LogP contribution in [0.25, 0.3) is 16.9 Å². The summed E-state index contributed by atoms with van der Waals surface area (Å²) in [5.41, 5.74) is 2.80. The monoisotopic (exact) mass is 592 g/mol. The van der Waals surface area contributed by atoms with E-state index in [9.17, 15) is 18.4 Å². The molecule has 1 N–H and O–H groups in total. The lowest BCUT2D eigenvalue weighted by Crippen LogP contribution is -2.39. The van der Waals surface area contributed by atoms with E-state index >= 15 is 0 Å². The topological polar surface area (TPSA) is 94.4 Å². The summed E-state index contributed by atoms with van der Waals surface area (Å²) in [6, 6.07) is 10.5. The number of imidazole rings is 1. The van der Waals surface area contributed by atoms with E-state index in [0.717, 1.165) is 36.1 Å². The van der Waals surface area contributed by atoms with Crippen molar-refractivity contribution in [1.82, 2.24) is 14.7 Å². The predicted octanol–water partition coefficient (Wildman–Crippen LogP) is 6.66. The fraction of sp³-hybridized carbons (Fsp3) is 0.344. The molecule has 5 rings (SSSR count). The molecule has 0 atom stereocenters. The molecule has 11 heteroatoms. The number of carbonyl (C=O) groups excluding carboxylic acids is 2. The maximum absolute atomic E-state index is 14.0. The fourth-order valence-electron chi connectivity index (χ4n) is 4.57. The summed E-state index contributed by atoms with van der Waals surface area (Å²) in [7, 11) is 1.52. The van der Waals surface area contributed by atoms with Crippen LogP contribution in [-0.4, -0.2) is 53.3 Å². The number of hydrogen-bond acceptors (Lipinski definition) is 6. The van der Waals surface area contributed by atoms with Crippen molar-refractivity contribution in [2.75, 3.05) is 25.2 Å². The van der Waals surface area contributed by atoms with Gasteiger partial charge in [0.25, 0.3) is 5.91 Å². The smallest absolute Gasteiger partial charge is 0.415 e. The van der Waals surface area contributed by atoms with Crippen LogP contribution in [0, 0.1) is 18.6 Å². The minimum Gasteiger partial charge on any atom is -0.456 e. The molecule has 0 bridgehead atoms. The number of carbonyl (C=O) groups is 2. The zero-order valence-electron chi connectivity index (χ0n) is 24.7. The first-order valence-electron chi connectivity index (χ1n) is 14.0. The van der Waals surface area contributed by atoms with E-state index in [4.69, 9.17) is 14.2 Å². The number of rotatable bonds is 9. The minimum absolute atomic E-state index is 0.0634. The largest absolute Gasteiger partial charge is 0.456 e. The Morgan fingerprint density at radius 1 is 1.07 bits per heavy atom. The SMILES string of the molecule is COCCN(C(=O)OC(C)(C)C)c1cc(Oc2ccc(F)c(F)c2)cn2c(-c3ccc(C(=O)NC4CC4)c(C)c3)cnc12. The molecule has 0 unspecified atom stereocenters. The Hall–Kier alpha value is -4.51. The minimum atomic E-state index is -1.06. The Morgan fingerprint density at radius 3 is 2.49 bits per heavy atom. The number of nitrogens with one attached hydrogen (secondary N) is 1. The number of aromatic nitrogens is 2. The van der Waals surface area contributed by atoms with Crippen molar-refractivity contribution in [3.8, 4) is 22.8 Å². The normalized spacial score (nSPS) is 13.2. The van der Waals surface area contributed by atoms with E-state index in [1.807, 2.05) is 19.1 Å². The molecule has 1 aliphatic carbocycles. The third-order valence-electron chi connectivity index (χ3n) is 6.79. The molecule has 2 amide bonds. The molecule has 2 aromatic carbocycles. The van der Waals surface area contributed by atoms with Gasteiger partial charge in [-0.15, -0.1) is 0 Å². The molecule has 0 radical (unpaired) electrons. The molecule has 2 aromatic heterocycles. The number of fused-ring (bicyclic) bond motifs is 1. The number of anilines is 1. The van der Waals surface area contributed by atoms with Gasteiger partial charge in [0, 0.05) is 36.4 Å². The van der Waals surface area contributed by atoms with Gasteiger partial charge in [-0.1, -0.05) is 6.07 Å². The van der Waals surface area contributed by atoms with E-state index in [-0.39, 0.29) is 36.6 Å². The molecule has 4 aromatic rings. The Kier molecular flexibility index (Phi) is 8.36. The quantitative estimate of drug-likeness (QED) is 0.234. The molecular weight excluding hydrogens is 558 g/mol. The molecule has 2 heterocycles. The van der Waals surface area contributed by atoms with Crippen molar-refractivity contribution in [3.05, 3.63) is 77.6 Å². The van der Waals surface area contributed by atoms with Crippen LogP contribution in [0.3, 0.4) is 0 Å². The van der Waals surface area contributed by atoms with Crippen LogP contribution in [0.5, 0.6) is 11.5 Å². The van der Waals surface area contributed by atoms with Crippen LogP contribution in [0.2, 0.25) is 0 Å². The number of pyridine rings is 1. The van der Waals surface area contributed by atoms with Gasteiger partial charge < -0.3 is 19.5 Å².